The standard InChI is InChI=1S/C15H23N3/c1-17-8-10-18(11-9-17)13-15(5-6-15)12-14-4-2-3-7-16-14/h2-4,7H,5-6,8-13H2,1H3. The van der Waals surface area contributed by atoms with Crippen LogP contribution in [0.5, 0.6) is 0 Å². The second-order valence-electron chi connectivity index (χ2n) is 6.08. The summed E-state index contributed by atoms with van der Waals surface area (Å²) in [7, 11) is 2.22. The third-order valence-corrected chi connectivity index (χ3v) is 4.39. The van der Waals surface area contributed by atoms with E-state index in [0.717, 1.165) is 0 Å². The molecule has 2 fully saturated rings. The minimum Gasteiger partial charge on any atom is -0.304 e. The summed E-state index contributed by atoms with van der Waals surface area (Å²) in [4.78, 5) is 9.56. The van der Waals surface area contributed by atoms with Gasteiger partial charge in [-0.2, -0.15) is 0 Å². The van der Waals surface area contributed by atoms with Crippen molar-refractivity contribution in [3.05, 3.63) is 30.1 Å². The molecule has 0 N–H and O–H groups in total. The van der Waals surface area contributed by atoms with E-state index in [4.69, 9.17) is 0 Å². The zero-order chi connectivity index (χ0) is 12.4. The molecule has 0 spiro atoms. The number of pyridine rings is 1. The normalized spacial score (nSPS) is 24.1. The van der Waals surface area contributed by atoms with Crippen LogP contribution in [-0.4, -0.2) is 54.6 Å². The van der Waals surface area contributed by atoms with Crippen molar-refractivity contribution in [2.75, 3.05) is 39.8 Å². The Hall–Kier alpha value is -0.930. The Morgan fingerprint density at radius 3 is 2.56 bits per heavy atom. The van der Waals surface area contributed by atoms with Crippen LogP contribution in [0.1, 0.15) is 18.5 Å². The topological polar surface area (TPSA) is 19.4 Å². The van der Waals surface area contributed by atoms with Crippen LogP contribution >= 0.6 is 0 Å². The van der Waals surface area contributed by atoms with Crippen molar-refractivity contribution < 1.29 is 0 Å². The Bertz CT molecular complexity index is 378. The van der Waals surface area contributed by atoms with Gasteiger partial charge in [0.05, 0.1) is 0 Å². The maximum atomic E-state index is 4.48. The summed E-state index contributed by atoms with van der Waals surface area (Å²) in [6.45, 7) is 6.19. The fraction of sp³-hybridized carbons (Fsp3) is 0.667. The lowest BCUT2D eigenvalue weighted by molar-refractivity contribution is 0.130. The highest BCUT2D eigenvalue weighted by atomic mass is 15.2. The number of nitrogens with zero attached hydrogens (tertiary/aromatic N) is 3. The molecule has 0 atom stereocenters. The van der Waals surface area contributed by atoms with Crippen molar-refractivity contribution in [2.24, 2.45) is 5.41 Å². The van der Waals surface area contributed by atoms with Crippen LogP contribution in [0, 0.1) is 5.41 Å². The number of piperazine rings is 1. The molecular weight excluding hydrogens is 222 g/mol. The molecule has 2 heterocycles. The minimum atomic E-state index is 0.546. The second kappa shape index (κ2) is 4.98. The van der Waals surface area contributed by atoms with Gasteiger partial charge < -0.3 is 9.80 Å². The number of hydrogen-bond acceptors (Lipinski definition) is 3. The van der Waals surface area contributed by atoms with Gasteiger partial charge in [-0.05, 0) is 43.9 Å². The Morgan fingerprint density at radius 2 is 1.94 bits per heavy atom. The average molecular weight is 245 g/mol. The van der Waals surface area contributed by atoms with Crippen LogP contribution in [0.4, 0.5) is 0 Å². The molecule has 1 saturated heterocycles. The monoisotopic (exact) mass is 245 g/mol. The first kappa shape index (κ1) is 12.1. The van der Waals surface area contributed by atoms with Gasteiger partial charge in [-0.15, -0.1) is 0 Å². The summed E-state index contributed by atoms with van der Waals surface area (Å²) in [6, 6.07) is 6.28. The third kappa shape index (κ3) is 2.90. The van der Waals surface area contributed by atoms with Crippen LogP contribution < -0.4 is 0 Å². The van der Waals surface area contributed by atoms with E-state index in [1.807, 2.05) is 12.3 Å². The van der Waals surface area contributed by atoms with E-state index in [1.165, 1.54) is 57.7 Å². The van der Waals surface area contributed by atoms with Gasteiger partial charge in [0, 0.05) is 44.6 Å². The Kier molecular flexibility index (Phi) is 3.35. The molecule has 1 saturated carbocycles. The highest BCUT2D eigenvalue weighted by Gasteiger charge is 2.44. The summed E-state index contributed by atoms with van der Waals surface area (Å²) in [5.74, 6) is 0. The molecule has 0 amide bonds. The molecule has 0 bridgehead atoms. The fourth-order valence-corrected chi connectivity index (χ4v) is 2.93. The quantitative estimate of drug-likeness (QED) is 0.804. The first-order valence-corrected chi connectivity index (χ1v) is 7.07. The molecule has 3 heteroatoms. The molecule has 1 aromatic heterocycles. The van der Waals surface area contributed by atoms with Gasteiger partial charge in [-0.25, -0.2) is 0 Å². The summed E-state index contributed by atoms with van der Waals surface area (Å²) in [5.41, 5.74) is 1.81. The van der Waals surface area contributed by atoms with Crippen molar-refractivity contribution in [3.63, 3.8) is 0 Å². The number of likely N-dealkylation sites (N-methyl/N-ethyl adjacent to an activating group) is 1. The zero-order valence-corrected chi connectivity index (χ0v) is 11.3. The molecular formula is C15H23N3. The average Bonchev–Trinajstić information content (AvgIpc) is 3.13. The van der Waals surface area contributed by atoms with Crippen LogP contribution in [0.2, 0.25) is 0 Å². The van der Waals surface area contributed by atoms with E-state index >= 15 is 0 Å². The van der Waals surface area contributed by atoms with Crippen molar-refractivity contribution in [1.29, 1.82) is 0 Å². The van der Waals surface area contributed by atoms with Gasteiger partial charge in [0.15, 0.2) is 0 Å². The second-order valence-corrected chi connectivity index (χ2v) is 6.08. The molecule has 0 radical (unpaired) electrons. The summed E-state index contributed by atoms with van der Waals surface area (Å²) in [5, 5.41) is 0. The number of aromatic nitrogens is 1. The summed E-state index contributed by atoms with van der Waals surface area (Å²) in [6.07, 6.45) is 5.85. The predicted molar refractivity (Wildman–Crippen MR) is 73.5 cm³/mol. The van der Waals surface area contributed by atoms with Crippen molar-refractivity contribution in [3.8, 4) is 0 Å². The Balaban J connectivity index is 1.56. The number of hydrogen-bond donors (Lipinski definition) is 0. The molecule has 1 aromatic rings. The lowest BCUT2D eigenvalue weighted by Gasteiger charge is -2.34. The summed E-state index contributed by atoms with van der Waals surface area (Å²) >= 11 is 0. The molecule has 1 aliphatic heterocycles. The maximum Gasteiger partial charge on any atom is 0.0409 e. The summed E-state index contributed by atoms with van der Waals surface area (Å²) < 4.78 is 0. The minimum absolute atomic E-state index is 0.546. The lowest BCUT2D eigenvalue weighted by Crippen LogP contribution is -2.46. The highest BCUT2D eigenvalue weighted by Crippen LogP contribution is 2.48. The van der Waals surface area contributed by atoms with Crippen LogP contribution in [-0.2, 0) is 6.42 Å². The van der Waals surface area contributed by atoms with E-state index in [-0.39, 0.29) is 0 Å². The highest BCUT2D eigenvalue weighted by molar-refractivity contribution is 5.11. The van der Waals surface area contributed by atoms with Crippen molar-refractivity contribution in [2.45, 2.75) is 19.3 Å². The van der Waals surface area contributed by atoms with Gasteiger partial charge in [0.2, 0.25) is 0 Å². The van der Waals surface area contributed by atoms with Gasteiger partial charge in [0.25, 0.3) is 0 Å². The van der Waals surface area contributed by atoms with Crippen LogP contribution in [0.3, 0.4) is 0 Å². The Labute approximate surface area is 110 Å². The molecule has 0 aromatic carbocycles. The smallest absolute Gasteiger partial charge is 0.0409 e. The van der Waals surface area contributed by atoms with E-state index in [1.54, 1.807) is 0 Å². The first-order valence-electron chi connectivity index (χ1n) is 7.07. The molecule has 3 nitrogen and oxygen atoms in total. The van der Waals surface area contributed by atoms with Crippen molar-refractivity contribution in [1.82, 2.24) is 14.8 Å². The van der Waals surface area contributed by atoms with E-state index in [9.17, 15) is 0 Å². The molecule has 3 rings (SSSR count). The van der Waals surface area contributed by atoms with Gasteiger partial charge in [-0.1, -0.05) is 6.07 Å². The largest absolute Gasteiger partial charge is 0.304 e. The van der Waals surface area contributed by atoms with E-state index in [2.05, 4.69) is 34.0 Å². The Morgan fingerprint density at radius 1 is 1.17 bits per heavy atom. The predicted octanol–water partition coefficient (Wildman–Crippen LogP) is 1.65. The molecule has 18 heavy (non-hydrogen) atoms. The van der Waals surface area contributed by atoms with Crippen LogP contribution in [0.25, 0.3) is 0 Å². The van der Waals surface area contributed by atoms with E-state index in [0.29, 0.717) is 5.41 Å². The number of rotatable bonds is 4. The molecule has 0 unspecified atom stereocenters. The van der Waals surface area contributed by atoms with Gasteiger partial charge in [0.1, 0.15) is 0 Å². The van der Waals surface area contributed by atoms with Gasteiger partial charge in [-0.3, -0.25) is 4.98 Å². The molecule has 98 valence electrons. The van der Waals surface area contributed by atoms with Gasteiger partial charge >= 0.3 is 0 Å². The van der Waals surface area contributed by atoms with Crippen LogP contribution in [0.15, 0.2) is 24.4 Å². The first-order chi connectivity index (χ1) is 8.76. The van der Waals surface area contributed by atoms with E-state index < -0.39 is 0 Å². The fourth-order valence-electron chi connectivity index (χ4n) is 2.93. The van der Waals surface area contributed by atoms with Crippen molar-refractivity contribution >= 4 is 0 Å². The molecule has 1 aliphatic carbocycles. The molecule has 2 aliphatic rings. The third-order valence-electron chi connectivity index (χ3n) is 4.39. The maximum absolute atomic E-state index is 4.48. The zero-order valence-electron chi connectivity index (χ0n) is 11.3. The SMILES string of the molecule is CN1CCN(CC2(Cc3ccccn3)CC2)CC1. The lowest BCUT2D eigenvalue weighted by atomic mass is 9.98.